The quantitative estimate of drug-likeness (QED) is 0.835. The molecule has 0 bridgehead atoms. The Balaban J connectivity index is 0.00000162. The molecule has 5 nitrogen and oxygen atoms in total. The summed E-state index contributed by atoms with van der Waals surface area (Å²) >= 11 is 0. The fourth-order valence-corrected chi connectivity index (χ4v) is 2.57. The molecule has 1 aliphatic carbocycles. The van der Waals surface area contributed by atoms with Crippen molar-refractivity contribution in [2.75, 3.05) is 6.54 Å². The van der Waals surface area contributed by atoms with Crippen molar-refractivity contribution < 1.29 is 12.8 Å². The molecule has 1 aliphatic rings. The van der Waals surface area contributed by atoms with Crippen LogP contribution in [0.15, 0.2) is 23.4 Å². The first-order valence-electron chi connectivity index (χ1n) is 5.35. The van der Waals surface area contributed by atoms with Crippen LogP contribution in [0.3, 0.4) is 0 Å². The van der Waals surface area contributed by atoms with Crippen LogP contribution in [0.25, 0.3) is 0 Å². The Hall–Kier alpha value is -0.760. The van der Waals surface area contributed by atoms with Crippen molar-refractivity contribution in [2.24, 2.45) is 11.7 Å². The number of aromatic nitrogens is 1. The zero-order valence-electron chi connectivity index (χ0n) is 9.54. The molecule has 102 valence electrons. The van der Waals surface area contributed by atoms with Crippen LogP contribution in [0.5, 0.6) is 0 Å². The van der Waals surface area contributed by atoms with Gasteiger partial charge in [-0.15, -0.1) is 12.4 Å². The molecule has 0 spiro atoms. The van der Waals surface area contributed by atoms with Gasteiger partial charge < -0.3 is 5.73 Å². The van der Waals surface area contributed by atoms with E-state index < -0.39 is 15.8 Å². The molecule has 0 aliphatic heterocycles. The maximum Gasteiger partial charge on any atom is 0.242 e. The number of halogens is 2. The summed E-state index contributed by atoms with van der Waals surface area (Å²) in [5.74, 6) is -0.275. The van der Waals surface area contributed by atoms with Crippen LogP contribution in [0.4, 0.5) is 4.39 Å². The Labute approximate surface area is 111 Å². The number of nitrogens with zero attached hydrogens (tertiary/aromatic N) is 1. The van der Waals surface area contributed by atoms with E-state index in [9.17, 15) is 12.8 Å². The maximum absolute atomic E-state index is 12.9. The lowest BCUT2D eigenvalue weighted by molar-refractivity contribution is 0.545. The molecule has 1 fully saturated rings. The molecule has 1 unspecified atom stereocenters. The average Bonchev–Trinajstić information content (AvgIpc) is 3.10. The number of pyridine rings is 1. The lowest BCUT2D eigenvalue weighted by Gasteiger charge is -2.11. The predicted octanol–water partition coefficient (Wildman–Crippen LogP) is 0.658. The molecule has 0 amide bonds. The van der Waals surface area contributed by atoms with Gasteiger partial charge in [0, 0.05) is 18.8 Å². The Morgan fingerprint density at radius 1 is 1.50 bits per heavy atom. The van der Waals surface area contributed by atoms with E-state index in [4.69, 9.17) is 5.73 Å². The number of hydrogen-bond acceptors (Lipinski definition) is 4. The van der Waals surface area contributed by atoms with Gasteiger partial charge in [0.05, 0.1) is 6.20 Å². The third-order valence-electron chi connectivity index (χ3n) is 2.73. The minimum atomic E-state index is -3.72. The third-order valence-corrected chi connectivity index (χ3v) is 4.12. The van der Waals surface area contributed by atoms with Gasteiger partial charge in [-0.05, 0) is 24.8 Å². The molecule has 0 aromatic carbocycles. The first-order chi connectivity index (χ1) is 7.99. The summed E-state index contributed by atoms with van der Waals surface area (Å²) in [6, 6.07) is 0.754. The molecule has 8 heteroatoms. The fraction of sp³-hybridized carbons (Fsp3) is 0.500. The highest BCUT2D eigenvalue weighted by Gasteiger charge is 2.29. The lowest BCUT2D eigenvalue weighted by Crippen LogP contribution is -2.38. The van der Waals surface area contributed by atoms with Gasteiger partial charge in [0.15, 0.2) is 0 Å². The highest BCUT2D eigenvalue weighted by atomic mass is 35.5. The monoisotopic (exact) mass is 295 g/mol. The minimum absolute atomic E-state index is 0. The van der Waals surface area contributed by atoms with Crippen LogP contribution in [0, 0.1) is 11.7 Å². The first-order valence-corrected chi connectivity index (χ1v) is 6.83. The summed E-state index contributed by atoms with van der Waals surface area (Å²) in [5.41, 5.74) is 5.78. The summed E-state index contributed by atoms with van der Waals surface area (Å²) in [6.45, 7) is 0.170. The molecular weight excluding hydrogens is 281 g/mol. The highest BCUT2D eigenvalue weighted by molar-refractivity contribution is 7.89. The molecule has 1 aromatic rings. The van der Waals surface area contributed by atoms with Gasteiger partial charge in [-0.3, -0.25) is 4.98 Å². The number of sulfonamides is 1. The Morgan fingerprint density at radius 2 is 2.17 bits per heavy atom. The van der Waals surface area contributed by atoms with Gasteiger partial charge in [-0.25, -0.2) is 17.5 Å². The Morgan fingerprint density at radius 3 is 2.72 bits per heavy atom. The molecule has 1 saturated carbocycles. The average molecular weight is 296 g/mol. The highest BCUT2D eigenvalue weighted by Crippen LogP contribution is 2.31. The van der Waals surface area contributed by atoms with Gasteiger partial charge in [0.1, 0.15) is 10.7 Å². The van der Waals surface area contributed by atoms with E-state index in [1.54, 1.807) is 0 Å². The second kappa shape index (κ2) is 5.92. The van der Waals surface area contributed by atoms with Crippen molar-refractivity contribution in [1.29, 1.82) is 0 Å². The van der Waals surface area contributed by atoms with Gasteiger partial charge >= 0.3 is 0 Å². The number of nitrogens with one attached hydrogen (secondary N) is 1. The van der Waals surface area contributed by atoms with Gasteiger partial charge in [-0.2, -0.15) is 0 Å². The van der Waals surface area contributed by atoms with Crippen LogP contribution < -0.4 is 10.5 Å². The van der Waals surface area contributed by atoms with E-state index in [1.165, 1.54) is 0 Å². The summed E-state index contributed by atoms with van der Waals surface area (Å²) < 4.78 is 38.7. The number of nitrogens with two attached hydrogens (primary N) is 1. The molecule has 18 heavy (non-hydrogen) atoms. The second-order valence-electron chi connectivity index (χ2n) is 4.19. The SMILES string of the molecule is Cl.NC(CNS(=O)(=O)c1cncc(F)c1)C1CC1. The Bertz CT molecular complexity index is 508. The van der Waals surface area contributed by atoms with Crippen LogP contribution >= 0.6 is 12.4 Å². The molecule has 3 N–H and O–H groups in total. The summed E-state index contributed by atoms with van der Waals surface area (Å²) in [6.07, 6.45) is 4.15. The van der Waals surface area contributed by atoms with Crippen molar-refractivity contribution in [3.63, 3.8) is 0 Å². The van der Waals surface area contributed by atoms with E-state index in [2.05, 4.69) is 9.71 Å². The molecule has 1 atom stereocenters. The normalized spacial score (nSPS) is 17.0. The third kappa shape index (κ3) is 3.88. The standard InChI is InChI=1S/C10H14FN3O2S.ClH/c11-8-3-9(5-13-4-8)17(15,16)14-6-10(12)7-1-2-7;/h3-5,7,10,14H,1-2,6,12H2;1H. The molecular formula is C10H15ClFN3O2S. The van der Waals surface area contributed by atoms with Crippen LogP contribution in [0.2, 0.25) is 0 Å². The van der Waals surface area contributed by atoms with Gasteiger partial charge in [-0.1, -0.05) is 0 Å². The molecule has 1 aromatic heterocycles. The summed E-state index contributed by atoms with van der Waals surface area (Å²) in [4.78, 5) is 3.32. The molecule has 0 radical (unpaired) electrons. The van der Waals surface area contributed by atoms with Crippen molar-refractivity contribution in [2.45, 2.75) is 23.8 Å². The van der Waals surface area contributed by atoms with E-state index >= 15 is 0 Å². The fourth-order valence-electron chi connectivity index (χ4n) is 1.52. The predicted molar refractivity (Wildman–Crippen MR) is 67.3 cm³/mol. The van der Waals surface area contributed by atoms with E-state index in [1.807, 2.05) is 0 Å². The zero-order valence-corrected chi connectivity index (χ0v) is 11.2. The van der Waals surface area contributed by atoms with E-state index in [0.29, 0.717) is 5.92 Å². The molecule has 0 saturated heterocycles. The Kier molecular flexibility index (Phi) is 5.03. The van der Waals surface area contributed by atoms with Crippen molar-refractivity contribution in [1.82, 2.24) is 9.71 Å². The van der Waals surface area contributed by atoms with E-state index in [0.717, 1.165) is 31.3 Å². The summed E-state index contributed by atoms with van der Waals surface area (Å²) in [5, 5.41) is 0. The largest absolute Gasteiger partial charge is 0.326 e. The van der Waals surface area contributed by atoms with Crippen molar-refractivity contribution in [3.05, 3.63) is 24.3 Å². The van der Waals surface area contributed by atoms with Gasteiger partial charge in [0.2, 0.25) is 10.0 Å². The maximum atomic E-state index is 12.9. The van der Waals surface area contributed by atoms with E-state index in [-0.39, 0.29) is 29.9 Å². The van der Waals surface area contributed by atoms with Gasteiger partial charge in [0.25, 0.3) is 0 Å². The first kappa shape index (κ1) is 15.3. The molecule has 1 heterocycles. The van der Waals surface area contributed by atoms with Crippen LogP contribution in [-0.4, -0.2) is 26.0 Å². The number of hydrogen-bond donors (Lipinski definition) is 2. The van der Waals surface area contributed by atoms with Crippen LogP contribution in [0.1, 0.15) is 12.8 Å². The summed E-state index contributed by atoms with van der Waals surface area (Å²) in [7, 11) is -3.72. The number of rotatable bonds is 5. The smallest absolute Gasteiger partial charge is 0.242 e. The zero-order chi connectivity index (χ0) is 12.5. The lowest BCUT2D eigenvalue weighted by atomic mass is 10.2. The minimum Gasteiger partial charge on any atom is -0.326 e. The van der Waals surface area contributed by atoms with Crippen molar-refractivity contribution >= 4 is 22.4 Å². The topological polar surface area (TPSA) is 85.1 Å². The van der Waals surface area contributed by atoms with Crippen molar-refractivity contribution in [3.8, 4) is 0 Å². The molecule has 2 rings (SSSR count). The second-order valence-corrected chi connectivity index (χ2v) is 5.96. The van der Waals surface area contributed by atoms with Crippen LogP contribution in [-0.2, 0) is 10.0 Å².